The summed E-state index contributed by atoms with van der Waals surface area (Å²) in [7, 11) is 0. The Labute approximate surface area is 113 Å². The summed E-state index contributed by atoms with van der Waals surface area (Å²) in [5, 5.41) is 11.5. The van der Waals surface area contributed by atoms with Gasteiger partial charge in [0.05, 0.1) is 4.88 Å². The minimum atomic E-state index is -1.06. The van der Waals surface area contributed by atoms with E-state index in [4.69, 9.17) is 5.73 Å². The van der Waals surface area contributed by atoms with E-state index in [0.29, 0.717) is 4.88 Å². The van der Waals surface area contributed by atoms with E-state index in [1.165, 1.54) is 11.3 Å². The number of carboxylic acid groups (broad SMARTS) is 1. The van der Waals surface area contributed by atoms with Crippen LogP contribution in [0.25, 0.3) is 21.2 Å². The number of carbonyl (C=O) groups is 1. The molecule has 5 heteroatoms. The van der Waals surface area contributed by atoms with Gasteiger partial charge in [0.1, 0.15) is 0 Å². The molecule has 0 fully saturated rings. The number of thiazole rings is 1. The highest BCUT2D eigenvalue weighted by atomic mass is 32.1. The summed E-state index contributed by atoms with van der Waals surface area (Å²) in [6.07, 6.45) is 0. The third kappa shape index (κ3) is 1.94. The van der Waals surface area contributed by atoms with Crippen LogP contribution in [0, 0.1) is 0 Å². The molecule has 0 aliphatic heterocycles. The minimum absolute atomic E-state index is 0.0128. The summed E-state index contributed by atoms with van der Waals surface area (Å²) in [4.78, 5) is 15.7. The predicted molar refractivity (Wildman–Crippen MR) is 76.4 cm³/mol. The van der Waals surface area contributed by atoms with Crippen LogP contribution < -0.4 is 5.73 Å². The van der Waals surface area contributed by atoms with E-state index in [9.17, 15) is 9.90 Å². The second-order valence-electron chi connectivity index (χ2n) is 4.06. The van der Waals surface area contributed by atoms with Crippen molar-refractivity contribution in [3.05, 3.63) is 48.2 Å². The average Bonchev–Trinajstić information content (AvgIpc) is 2.80. The monoisotopic (exact) mass is 270 g/mol. The molecule has 1 aromatic heterocycles. The van der Waals surface area contributed by atoms with Crippen molar-refractivity contribution in [2.45, 2.75) is 0 Å². The molecule has 4 nitrogen and oxygen atoms in total. The summed E-state index contributed by atoms with van der Waals surface area (Å²) in [6, 6.07) is 13.6. The topological polar surface area (TPSA) is 76.2 Å². The molecular weight excluding hydrogens is 260 g/mol. The number of aromatic nitrogens is 1. The number of hydrogen-bond donors (Lipinski definition) is 2. The summed E-state index contributed by atoms with van der Waals surface area (Å²) in [6.45, 7) is 0. The quantitative estimate of drug-likeness (QED) is 0.749. The fourth-order valence-electron chi connectivity index (χ4n) is 2.09. The lowest BCUT2D eigenvalue weighted by atomic mass is 10.0. The summed E-state index contributed by atoms with van der Waals surface area (Å²) in [5.41, 5.74) is 6.51. The van der Waals surface area contributed by atoms with E-state index in [1.807, 2.05) is 42.5 Å². The molecular formula is C14H10N2O2S. The van der Waals surface area contributed by atoms with Crippen LogP contribution >= 0.6 is 11.3 Å². The van der Waals surface area contributed by atoms with Crippen LogP contribution in [0.5, 0.6) is 0 Å². The fourth-order valence-corrected chi connectivity index (χ4v) is 2.95. The number of nitrogen functional groups attached to an aromatic ring is 1. The Morgan fingerprint density at radius 3 is 2.68 bits per heavy atom. The number of nitrogens with two attached hydrogens (primary N) is 1. The highest BCUT2D eigenvalue weighted by Gasteiger charge is 2.19. The van der Waals surface area contributed by atoms with Gasteiger partial charge in [0.15, 0.2) is 10.8 Å². The maximum absolute atomic E-state index is 11.2. The molecule has 0 amide bonds. The van der Waals surface area contributed by atoms with Crippen LogP contribution in [0.15, 0.2) is 42.5 Å². The molecule has 1 heterocycles. The highest BCUT2D eigenvalue weighted by Crippen LogP contribution is 2.36. The van der Waals surface area contributed by atoms with Crippen LogP contribution in [-0.4, -0.2) is 16.1 Å². The van der Waals surface area contributed by atoms with Crippen molar-refractivity contribution in [3.63, 3.8) is 0 Å². The molecule has 19 heavy (non-hydrogen) atoms. The summed E-state index contributed by atoms with van der Waals surface area (Å²) < 4.78 is 0. The first kappa shape index (κ1) is 11.7. The molecule has 2 aromatic carbocycles. The summed E-state index contributed by atoms with van der Waals surface area (Å²) >= 11 is 1.20. The number of fused-ring (bicyclic) bond motifs is 1. The number of benzene rings is 2. The molecule has 0 spiro atoms. The largest absolute Gasteiger partial charge is 0.476 e. The Kier molecular flexibility index (Phi) is 2.68. The van der Waals surface area contributed by atoms with E-state index in [2.05, 4.69) is 4.98 Å². The fraction of sp³-hybridized carbons (Fsp3) is 0. The van der Waals surface area contributed by atoms with Gasteiger partial charge in [-0.15, -0.1) is 0 Å². The van der Waals surface area contributed by atoms with E-state index >= 15 is 0 Å². The minimum Gasteiger partial charge on any atom is -0.476 e. The number of anilines is 1. The van der Waals surface area contributed by atoms with Crippen molar-refractivity contribution in [1.29, 1.82) is 0 Å². The smallest absolute Gasteiger partial charge is 0.356 e. The first-order chi connectivity index (χ1) is 9.16. The van der Waals surface area contributed by atoms with Gasteiger partial charge < -0.3 is 10.8 Å². The van der Waals surface area contributed by atoms with Crippen molar-refractivity contribution in [3.8, 4) is 10.4 Å². The maximum atomic E-state index is 11.2. The molecule has 0 bridgehead atoms. The van der Waals surface area contributed by atoms with Gasteiger partial charge >= 0.3 is 5.97 Å². The normalized spacial score (nSPS) is 10.7. The van der Waals surface area contributed by atoms with Gasteiger partial charge in [0.2, 0.25) is 0 Å². The maximum Gasteiger partial charge on any atom is 0.356 e. The molecule has 0 atom stereocenters. The van der Waals surface area contributed by atoms with E-state index < -0.39 is 5.97 Å². The second kappa shape index (κ2) is 4.37. The van der Waals surface area contributed by atoms with Crippen molar-refractivity contribution in [2.75, 3.05) is 5.73 Å². The van der Waals surface area contributed by atoms with E-state index in [-0.39, 0.29) is 10.8 Å². The first-order valence-corrected chi connectivity index (χ1v) is 6.46. The van der Waals surface area contributed by atoms with Gasteiger partial charge in [0.25, 0.3) is 0 Å². The SMILES string of the molecule is Nc1nc(C(=O)O)c(-c2cccc3ccccc23)s1. The molecule has 0 saturated carbocycles. The van der Waals surface area contributed by atoms with Gasteiger partial charge in [-0.3, -0.25) is 0 Å². The number of carboxylic acids is 1. The van der Waals surface area contributed by atoms with Gasteiger partial charge in [-0.05, 0) is 10.8 Å². The molecule has 0 saturated heterocycles. The first-order valence-electron chi connectivity index (χ1n) is 5.64. The molecule has 3 N–H and O–H groups in total. The number of nitrogens with zero attached hydrogens (tertiary/aromatic N) is 1. The van der Waals surface area contributed by atoms with Crippen molar-refractivity contribution in [1.82, 2.24) is 4.98 Å². The van der Waals surface area contributed by atoms with Crippen molar-refractivity contribution in [2.24, 2.45) is 0 Å². The van der Waals surface area contributed by atoms with Gasteiger partial charge in [-0.2, -0.15) is 0 Å². The van der Waals surface area contributed by atoms with Crippen LogP contribution in [0.2, 0.25) is 0 Å². The standard InChI is InChI=1S/C14H10N2O2S/c15-14-16-11(13(17)18)12(19-14)10-7-3-5-8-4-1-2-6-9(8)10/h1-7H,(H2,15,16)(H,17,18). The van der Waals surface area contributed by atoms with Crippen molar-refractivity contribution >= 4 is 33.2 Å². The Morgan fingerprint density at radius 2 is 1.89 bits per heavy atom. The van der Waals surface area contributed by atoms with Crippen LogP contribution in [0.1, 0.15) is 10.5 Å². The Morgan fingerprint density at radius 1 is 1.16 bits per heavy atom. The zero-order valence-electron chi connectivity index (χ0n) is 9.83. The van der Waals surface area contributed by atoms with Crippen LogP contribution in [0.3, 0.4) is 0 Å². The molecule has 0 unspecified atom stereocenters. The third-order valence-corrected chi connectivity index (χ3v) is 3.80. The van der Waals surface area contributed by atoms with E-state index in [0.717, 1.165) is 16.3 Å². The number of aromatic carboxylic acids is 1. The highest BCUT2D eigenvalue weighted by molar-refractivity contribution is 7.19. The molecule has 0 radical (unpaired) electrons. The van der Waals surface area contributed by atoms with Crippen molar-refractivity contribution < 1.29 is 9.90 Å². The molecule has 0 aliphatic rings. The second-order valence-corrected chi connectivity index (χ2v) is 5.09. The molecule has 3 rings (SSSR count). The Bertz CT molecular complexity index is 775. The van der Waals surface area contributed by atoms with Crippen LogP contribution in [0.4, 0.5) is 5.13 Å². The lowest BCUT2D eigenvalue weighted by Crippen LogP contribution is -1.99. The number of hydrogen-bond acceptors (Lipinski definition) is 4. The molecule has 94 valence electrons. The lowest BCUT2D eigenvalue weighted by Gasteiger charge is -2.04. The van der Waals surface area contributed by atoms with Gasteiger partial charge in [-0.1, -0.05) is 53.8 Å². The third-order valence-electron chi connectivity index (χ3n) is 2.88. The van der Waals surface area contributed by atoms with Crippen LogP contribution in [-0.2, 0) is 0 Å². The zero-order chi connectivity index (χ0) is 13.4. The molecule has 0 aliphatic carbocycles. The van der Waals surface area contributed by atoms with E-state index in [1.54, 1.807) is 0 Å². The summed E-state index contributed by atoms with van der Waals surface area (Å²) in [5.74, 6) is -1.06. The molecule has 3 aromatic rings. The average molecular weight is 270 g/mol. The predicted octanol–water partition coefficient (Wildman–Crippen LogP) is 3.24. The lowest BCUT2D eigenvalue weighted by molar-refractivity contribution is 0.0692. The Balaban J connectivity index is 2.33. The number of rotatable bonds is 2. The van der Waals surface area contributed by atoms with Gasteiger partial charge in [-0.25, -0.2) is 9.78 Å². The van der Waals surface area contributed by atoms with Gasteiger partial charge in [0, 0.05) is 5.56 Å². The zero-order valence-corrected chi connectivity index (χ0v) is 10.6. The Hall–Kier alpha value is -2.40.